The molecule has 0 unspecified atom stereocenters. The van der Waals surface area contributed by atoms with Crippen molar-refractivity contribution < 1.29 is 23.4 Å². The number of amides is 1. The van der Waals surface area contributed by atoms with Crippen molar-refractivity contribution in [1.82, 2.24) is 15.5 Å². The number of thioether (sulfide) groups is 1. The fourth-order valence-corrected chi connectivity index (χ4v) is 4.33. The van der Waals surface area contributed by atoms with Crippen molar-refractivity contribution in [2.24, 2.45) is 11.8 Å². The monoisotopic (exact) mass is 435 g/mol. The molecular formula is C21H29N3O5S. The van der Waals surface area contributed by atoms with Gasteiger partial charge in [-0.15, -0.1) is 10.2 Å². The second-order valence-electron chi connectivity index (χ2n) is 7.52. The third-order valence-electron chi connectivity index (χ3n) is 5.70. The van der Waals surface area contributed by atoms with E-state index in [1.807, 2.05) is 0 Å². The molecule has 9 heteroatoms. The number of benzene rings is 1. The summed E-state index contributed by atoms with van der Waals surface area (Å²) in [6, 6.07) is 3.71. The highest BCUT2D eigenvalue weighted by atomic mass is 32.2. The first-order valence-electron chi connectivity index (χ1n) is 10.0. The molecule has 0 saturated heterocycles. The zero-order chi connectivity index (χ0) is 21.7. The van der Waals surface area contributed by atoms with Crippen LogP contribution in [-0.4, -0.2) is 49.2 Å². The van der Waals surface area contributed by atoms with Crippen molar-refractivity contribution in [2.45, 2.75) is 44.4 Å². The minimum atomic E-state index is -0.0153. The van der Waals surface area contributed by atoms with Crippen LogP contribution in [0.25, 0.3) is 11.5 Å². The molecular weight excluding hydrogens is 406 g/mol. The van der Waals surface area contributed by atoms with Gasteiger partial charge in [0.25, 0.3) is 5.22 Å². The summed E-state index contributed by atoms with van der Waals surface area (Å²) in [5.74, 6) is 3.13. The van der Waals surface area contributed by atoms with E-state index in [-0.39, 0.29) is 17.7 Å². The number of hydrogen-bond donors (Lipinski definition) is 1. The third-order valence-corrected chi connectivity index (χ3v) is 6.52. The SMILES string of the molecule is COc1cc(-c2nnc(SCC(=O)N[C@@H]3CCC[C@@H](C)[C@H]3C)o2)cc(OC)c1OC. The molecule has 1 aliphatic rings. The summed E-state index contributed by atoms with van der Waals surface area (Å²) < 4.78 is 21.8. The van der Waals surface area contributed by atoms with Crippen molar-refractivity contribution in [3.63, 3.8) is 0 Å². The molecule has 1 heterocycles. The molecule has 1 aromatic carbocycles. The maximum atomic E-state index is 12.4. The molecule has 1 aliphatic carbocycles. The van der Waals surface area contributed by atoms with Crippen LogP contribution in [0.4, 0.5) is 0 Å². The standard InChI is InChI=1S/C21H29N3O5S/c1-12-7-6-8-15(13(12)2)22-18(25)11-30-21-24-23-20(29-21)14-9-16(26-3)19(28-5)17(10-14)27-4/h9-10,12-13,15H,6-8,11H2,1-5H3,(H,22,25)/t12-,13-,15-/m1/s1. The number of nitrogens with one attached hydrogen (secondary N) is 1. The first-order chi connectivity index (χ1) is 14.5. The van der Waals surface area contributed by atoms with E-state index >= 15 is 0 Å². The van der Waals surface area contributed by atoms with Gasteiger partial charge < -0.3 is 23.9 Å². The van der Waals surface area contributed by atoms with Crippen LogP contribution in [0, 0.1) is 11.8 Å². The van der Waals surface area contributed by atoms with Crippen LogP contribution in [0.1, 0.15) is 33.1 Å². The second kappa shape index (κ2) is 10.1. The lowest BCUT2D eigenvalue weighted by Crippen LogP contribution is -2.44. The van der Waals surface area contributed by atoms with Crippen molar-refractivity contribution in [3.05, 3.63) is 12.1 Å². The molecule has 3 rings (SSSR count). The van der Waals surface area contributed by atoms with E-state index < -0.39 is 0 Å². The Morgan fingerprint density at radius 3 is 2.47 bits per heavy atom. The minimum absolute atomic E-state index is 0.0153. The van der Waals surface area contributed by atoms with Crippen molar-refractivity contribution in [3.8, 4) is 28.7 Å². The third kappa shape index (κ3) is 5.00. The van der Waals surface area contributed by atoms with Gasteiger partial charge in [-0.1, -0.05) is 38.5 Å². The Balaban J connectivity index is 1.63. The maximum absolute atomic E-state index is 12.4. The van der Waals surface area contributed by atoms with Crippen LogP contribution in [0.2, 0.25) is 0 Å². The average Bonchev–Trinajstić information content (AvgIpc) is 3.23. The highest BCUT2D eigenvalue weighted by Gasteiger charge is 2.28. The topological polar surface area (TPSA) is 95.7 Å². The van der Waals surface area contributed by atoms with E-state index in [9.17, 15) is 4.79 Å². The largest absolute Gasteiger partial charge is 0.493 e. The number of nitrogens with zero attached hydrogens (tertiary/aromatic N) is 2. The molecule has 164 valence electrons. The van der Waals surface area contributed by atoms with Crippen LogP contribution in [0.15, 0.2) is 21.8 Å². The Kier molecular flexibility index (Phi) is 7.47. The van der Waals surface area contributed by atoms with Gasteiger partial charge in [-0.25, -0.2) is 0 Å². The van der Waals surface area contributed by atoms with Gasteiger partial charge in [-0.05, 0) is 30.4 Å². The second-order valence-corrected chi connectivity index (χ2v) is 8.44. The normalized spacial score (nSPS) is 21.2. The van der Waals surface area contributed by atoms with Crippen molar-refractivity contribution >= 4 is 17.7 Å². The quantitative estimate of drug-likeness (QED) is 0.626. The predicted octanol–water partition coefficient (Wildman–Crippen LogP) is 3.80. The van der Waals surface area contributed by atoms with E-state index in [1.165, 1.54) is 18.2 Å². The first-order valence-corrected chi connectivity index (χ1v) is 11.0. The lowest BCUT2D eigenvalue weighted by Gasteiger charge is -2.34. The summed E-state index contributed by atoms with van der Waals surface area (Å²) in [5, 5.41) is 11.6. The fourth-order valence-electron chi connectivity index (χ4n) is 3.75. The molecule has 1 fully saturated rings. The summed E-state index contributed by atoms with van der Waals surface area (Å²) in [7, 11) is 4.63. The van der Waals surface area contributed by atoms with Crippen molar-refractivity contribution in [2.75, 3.05) is 27.1 Å². The minimum Gasteiger partial charge on any atom is -0.493 e. The number of methoxy groups -OCH3 is 3. The molecule has 1 saturated carbocycles. The Morgan fingerprint density at radius 2 is 1.83 bits per heavy atom. The average molecular weight is 436 g/mol. The Labute approximate surface area is 181 Å². The molecule has 0 spiro atoms. The summed E-state index contributed by atoms with van der Waals surface area (Å²) in [5.41, 5.74) is 0.637. The van der Waals surface area contributed by atoms with E-state index in [1.54, 1.807) is 33.5 Å². The van der Waals surface area contributed by atoms with E-state index in [0.29, 0.717) is 45.8 Å². The van der Waals surface area contributed by atoms with Crippen molar-refractivity contribution in [1.29, 1.82) is 0 Å². The number of carbonyl (C=O) groups excluding carboxylic acids is 1. The van der Waals surface area contributed by atoms with Gasteiger partial charge in [-0.3, -0.25) is 4.79 Å². The van der Waals surface area contributed by atoms with Crippen LogP contribution < -0.4 is 19.5 Å². The summed E-state index contributed by atoms with van der Waals surface area (Å²) in [6.07, 6.45) is 3.42. The highest BCUT2D eigenvalue weighted by molar-refractivity contribution is 7.99. The van der Waals surface area contributed by atoms with Gasteiger partial charge in [0.1, 0.15) is 0 Å². The lowest BCUT2D eigenvalue weighted by atomic mass is 9.78. The van der Waals surface area contributed by atoms with Crippen LogP contribution in [0.5, 0.6) is 17.2 Å². The number of hydrogen-bond acceptors (Lipinski definition) is 8. The summed E-state index contributed by atoms with van der Waals surface area (Å²) >= 11 is 1.22. The smallest absolute Gasteiger partial charge is 0.277 e. The highest BCUT2D eigenvalue weighted by Crippen LogP contribution is 2.41. The van der Waals surface area contributed by atoms with E-state index in [4.69, 9.17) is 18.6 Å². The zero-order valence-corrected chi connectivity index (χ0v) is 18.9. The van der Waals surface area contributed by atoms with Crippen LogP contribution >= 0.6 is 11.8 Å². The number of aromatic nitrogens is 2. The van der Waals surface area contributed by atoms with Gasteiger partial charge in [0.05, 0.1) is 27.1 Å². The molecule has 2 aromatic rings. The molecule has 30 heavy (non-hydrogen) atoms. The van der Waals surface area contributed by atoms with E-state index in [2.05, 4.69) is 29.4 Å². The Hall–Kier alpha value is -2.42. The van der Waals surface area contributed by atoms with Gasteiger partial charge >= 0.3 is 0 Å². The molecule has 3 atom stereocenters. The first kappa shape index (κ1) is 22.3. The number of ether oxygens (including phenoxy) is 3. The fraction of sp³-hybridized carbons (Fsp3) is 0.571. The molecule has 8 nitrogen and oxygen atoms in total. The Morgan fingerprint density at radius 1 is 1.13 bits per heavy atom. The molecule has 1 N–H and O–H groups in total. The van der Waals surface area contributed by atoms with Gasteiger partial charge in [0, 0.05) is 11.6 Å². The van der Waals surface area contributed by atoms with Crippen LogP contribution in [-0.2, 0) is 4.79 Å². The van der Waals surface area contributed by atoms with Gasteiger partial charge in [0.15, 0.2) is 11.5 Å². The summed E-state index contributed by atoms with van der Waals surface area (Å²) in [6.45, 7) is 4.46. The molecule has 0 radical (unpaired) electrons. The zero-order valence-electron chi connectivity index (χ0n) is 18.1. The predicted molar refractivity (Wildman–Crippen MR) is 114 cm³/mol. The summed E-state index contributed by atoms with van der Waals surface area (Å²) in [4.78, 5) is 12.4. The van der Waals surface area contributed by atoms with Gasteiger partial charge in [0.2, 0.25) is 17.5 Å². The maximum Gasteiger partial charge on any atom is 0.277 e. The van der Waals surface area contributed by atoms with E-state index in [0.717, 1.165) is 12.8 Å². The Bertz CT molecular complexity index is 847. The molecule has 1 amide bonds. The van der Waals surface area contributed by atoms with Crippen LogP contribution in [0.3, 0.4) is 0 Å². The van der Waals surface area contributed by atoms with Gasteiger partial charge in [-0.2, -0.15) is 0 Å². The number of rotatable bonds is 8. The molecule has 0 aliphatic heterocycles. The molecule has 0 bridgehead atoms. The lowest BCUT2D eigenvalue weighted by molar-refractivity contribution is -0.120. The number of carbonyl (C=O) groups is 1. The molecule has 1 aromatic heterocycles.